The van der Waals surface area contributed by atoms with E-state index in [0.29, 0.717) is 17.7 Å². The number of hydrogen-bond acceptors (Lipinski definition) is 5. The van der Waals surface area contributed by atoms with E-state index in [1.165, 1.54) is 21.4 Å². The largest absolute Gasteiger partial charge is 0.505 e. The third kappa shape index (κ3) is 4.95. The zero-order valence-corrected chi connectivity index (χ0v) is 18.4. The Labute approximate surface area is 190 Å². The Morgan fingerprint density at radius 1 is 1.15 bits per heavy atom. The first-order chi connectivity index (χ1) is 15.9. The van der Waals surface area contributed by atoms with Crippen molar-refractivity contribution < 1.29 is 15.0 Å². The molecule has 8 heteroatoms. The lowest BCUT2D eigenvalue weighted by molar-refractivity contribution is -0.137. The van der Waals surface area contributed by atoms with E-state index in [0.717, 1.165) is 19.3 Å². The van der Waals surface area contributed by atoms with Crippen molar-refractivity contribution in [3.63, 3.8) is 0 Å². The molecule has 4 rings (SSSR count). The van der Waals surface area contributed by atoms with Crippen LogP contribution in [0, 0.1) is 6.92 Å². The van der Waals surface area contributed by atoms with Gasteiger partial charge in [0.2, 0.25) is 0 Å². The highest BCUT2D eigenvalue weighted by atomic mass is 16.4. The number of phenolic OH excluding ortho intramolecular Hbond substituents is 1. The van der Waals surface area contributed by atoms with E-state index >= 15 is 0 Å². The number of aromatic nitrogens is 2. The predicted octanol–water partition coefficient (Wildman–Crippen LogP) is 5.35. The van der Waals surface area contributed by atoms with E-state index in [4.69, 9.17) is 5.11 Å². The molecule has 0 spiro atoms. The molecule has 3 N–H and O–H groups in total. The summed E-state index contributed by atoms with van der Waals surface area (Å²) in [5.41, 5.74) is 4.89. The number of H-pyrrole nitrogens is 1. The number of fused-ring (bicyclic) bond motifs is 1. The Bertz CT molecular complexity index is 1300. The Balaban J connectivity index is 1.59. The molecule has 170 valence electrons. The van der Waals surface area contributed by atoms with Crippen molar-refractivity contribution in [1.29, 1.82) is 0 Å². The molecular weight excluding hydrogens is 420 g/mol. The number of aromatic amines is 1. The number of phenols is 1. The van der Waals surface area contributed by atoms with Gasteiger partial charge in [0.05, 0.1) is 5.69 Å². The summed E-state index contributed by atoms with van der Waals surface area (Å²) >= 11 is 0. The molecule has 0 radical (unpaired) electrons. The third-order valence-corrected chi connectivity index (χ3v) is 5.77. The molecule has 1 aliphatic rings. The van der Waals surface area contributed by atoms with Gasteiger partial charge < -0.3 is 10.2 Å². The number of nitrogens with one attached hydrogen (secondary N) is 1. The van der Waals surface area contributed by atoms with Crippen LogP contribution in [0.5, 0.6) is 5.75 Å². The van der Waals surface area contributed by atoms with E-state index < -0.39 is 5.97 Å². The second kappa shape index (κ2) is 9.68. The van der Waals surface area contributed by atoms with Crippen LogP contribution >= 0.6 is 0 Å². The lowest BCUT2D eigenvalue weighted by Gasteiger charge is -2.19. The van der Waals surface area contributed by atoms with Crippen molar-refractivity contribution in [3.8, 4) is 5.75 Å². The van der Waals surface area contributed by atoms with Crippen molar-refractivity contribution in [1.82, 2.24) is 9.78 Å². The van der Waals surface area contributed by atoms with Crippen LogP contribution in [-0.2, 0) is 17.8 Å². The summed E-state index contributed by atoms with van der Waals surface area (Å²) in [6.07, 6.45) is 5.34. The lowest BCUT2D eigenvalue weighted by atomic mass is 9.86. The summed E-state index contributed by atoms with van der Waals surface area (Å²) in [4.78, 5) is 23.3. The molecule has 0 bridgehead atoms. The molecule has 0 amide bonds. The molecule has 0 fully saturated rings. The Kier molecular flexibility index (Phi) is 6.53. The monoisotopic (exact) mass is 446 g/mol. The second-order valence-corrected chi connectivity index (χ2v) is 8.13. The molecule has 0 aliphatic heterocycles. The van der Waals surface area contributed by atoms with Gasteiger partial charge in [0.1, 0.15) is 11.4 Å². The Morgan fingerprint density at radius 2 is 1.97 bits per heavy atom. The molecule has 0 saturated heterocycles. The fraction of sp³-hybridized carbons (Fsp3) is 0.280. The molecule has 0 atom stereocenters. The van der Waals surface area contributed by atoms with Gasteiger partial charge in [-0.2, -0.15) is 0 Å². The minimum absolute atomic E-state index is 0.00628. The number of carboxylic acids is 1. The summed E-state index contributed by atoms with van der Waals surface area (Å²) in [6.45, 7) is 1.95. The van der Waals surface area contributed by atoms with Gasteiger partial charge in [-0.05, 0) is 61.4 Å². The smallest absolute Gasteiger partial charge is 0.303 e. The number of hydrogen-bond donors (Lipinski definition) is 3. The molecule has 1 aliphatic carbocycles. The van der Waals surface area contributed by atoms with Gasteiger partial charge in [-0.1, -0.05) is 36.4 Å². The van der Waals surface area contributed by atoms with Gasteiger partial charge in [-0.15, -0.1) is 10.2 Å². The van der Waals surface area contributed by atoms with E-state index in [1.54, 1.807) is 19.1 Å². The van der Waals surface area contributed by atoms with Crippen LogP contribution in [0.2, 0.25) is 0 Å². The minimum Gasteiger partial charge on any atom is -0.505 e. The molecule has 33 heavy (non-hydrogen) atoms. The minimum atomic E-state index is -0.909. The molecule has 0 unspecified atom stereocenters. The van der Waals surface area contributed by atoms with Gasteiger partial charge in [0.25, 0.3) is 5.56 Å². The van der Waals surface area contributed by atoms with Crippen LogP contribution in [0.1, 0.15) is 48.1 Å². The van der Waals surface area contributed by atoms with Gasteiger partial charge in [0.15, 0.2) is 5.69 Å². The first-order valence-electron chi connectivity index (χ1n) is 11.0. The first kappa shape index (κ1) is 22.3. The van der Waals surface area contributed by atoms with Crippen molar-refractivity contribution in [2.24, 2.45) is 10.2 Å². The second-order valence-electron chi connectivity index (χ2n) is 8.13. The summed E-state index contributed by atoms with van der Waals surface area (Å²) in [5, 5.41) is 30.7. The topological polar surface area (TPSA) is 120 Å². The van der Waals surface area contributed by atoms with E-state index in [1.807, 2.05) is 24.3 Å². The third-order valence-electron chi connectivity index (χ3n) is 5.77. The molecule has 3 aromatic rings. The summed E-state index contributed by atoms with van der Waals surface area (Å²) in [5.74, 6) is -0.903. The highest BCUT2D eigenvalue weighted by molar-refractivity contribution is 5.86. The lowest BCUT2D eigenvalue weighted by Crippen LogP contribution is -2.17. The highest BCUT2D eigenvalue weighted by Crippen LogP contribution is 2.37. The quantitative estimate of drug-likeness (QED) is 0.424. The number of carboxylic acid groups (broad SMARTS) is 1. The van der Waals surface area contributed by atoms with Crippen molar-refractivity contribution in [2.75, 3.05) is 0 Å². The van der Waals surface area contributed by atoms with Crippen LogP contribution in [-0.4, -0.2) is 26.0 Å². The zero-order valence-electron chi connectivity index (χ0n) is 18.4. The number of para-hydroxylation sites is 1. The average Bonchev–Trinajstić information content (AvgIpc) is 3.07. The van der Waals surface area contributed by atoms with Crippen LogP contribution in [0.15, 0.2) is 57.5 Å². The SMILES string of the molecule is Cc1[nH]n(CCCC(=O)O)c(=O)c1N=Nc1cccc(/C=C2\CCCc3ccccc32)c1O. The number of azo groups is 1. The summed E-state index contributed by atoms with van der Waals surface area (Å²) in [7, 11) is 0. The number of allylic oxidation sites excluding steroid dienone is 1. The molecule has 1 heterocycles. The van der Waals surface area contributed by atoms with Gasteiger partial charge in [-0.25, -0.2) is 0 Å². The van der Waals surface area contributed by atoms with Crippen molar-refractivity contribution >= 4 is 29.0 Å². The Morgan fingerprint density at radius 3 is 2.79 bits per heavy atom. The number of aliphatic carboxylic acids is 1. The van der Waals surface area contributed by atoms with Gasteiger partial charge in [-0.3, -0.25) is 19.4 Å². The predicted molar refractivity (Wildman–Crippen MR) is 126 cm³/mol. The van der Waals surface area contributed by atoms with E-state index in [-0.39, 0.29) is 35.6 Å². The summed E-state index contributed by atoms with van der Waals surface area (Å²) < 4.78 is 1.33. The van der Waals surface area contributed by atoms with Crippen LogP contribution < -0.4 is 5.56 Å². The van der Waals surface area contributed by atoms with Crippen molar-refractivity contribution in [3.05, 3.63) is 75.2 Å². The maximum Gasteiger partial charge on any atom is 0.303 e. The zero-order chi connectivity index (χ0) is 23.4. The molecular formula is C25H26N4O4. The van der Waals surface area contributed by atoms with Crippen LogP contribution in [0.3, 0.4) is 0 Å². The normalized spacial score (nSPS) is 14.6. The van der Waals surface area contributed by atoms with Crippen molar-refractivity contribution in [2.45, 2.75) is 45.6 Å². The number of aryl methyl sites for hydroxylation is 3. The van der Waals surface area contributed by atoms with Gasteiger partial charge >= 0.3 is 5.97 Å². The van der Waals surface area contributed by atoms with Gasteiger partial charge in [0, 0.05) is 18.5 Å². The number of aromatic hydroxyl groups is 1. The molecule has 2 aromatic carbocycles. The maximum absolute atomic E-state index is 12.6. The average molecular weight is 447 g/mol. The first-order valence-corrected chi connectivity index (χ1v) is 11.0. The van der Waals surface area contributed by atoms with Crippen LogP contribution in [0.4, 0.5) is 11.4 Å². The highest BCUT2D eigenvalue weighted by Gasteiger charge is 2.15. The fourth-order valence-corrected chi connectivity index (χ4v) is 4.10. The number of carbonyl (C=O) groups is 1. The van der Waals surface area contributed by atoms with E-state index in [9.17, 15) is 14.7 Å². The molecule has 1 aromatic heterocycles. The number of benzene rings is 2. The maximum atomic E-state index is 12.6. The summed E-state index contributed by atoms with van der Waals surface area (Å²) in [6, 6.07) is 13.6. The molecule has 0 saturated carbocycles. The number of rotatable bonds is 7. The Hall–Kier alpha value is -3.94. The van der Waals surface area contributed by atoms with Crippen LogP contribution in [0.25, 0.3) is 11.6 Å². The number of nitrogens with zero attached hydrogens (tertiary/aromatic N) is 3. The van der Waals surface area contributed by atoms with E-state index in [2.05, 4.69) is 27.5 Å². The standard InChI is InChI=1S/C25H26N4O4/c1-16-23(25(33)29(28-16)14-6-13-22(30)31)27-26-21-12-5-10-19(24(21)32)15-18-9-4-8-17-7-2-3-11-20(17)18/h2-3,5,7,10-12,15,28,32H,4,6,8-9,13-14H2,1H3,(H,30,31)/b18-15+,27-26?. The molecule has 8 nitrogen and oxygen atoms in total. The fourth-order valence-electron chi connectivity index (χ4n) is 4.10.